The van der Waals surface area contributed by atoms with Crippen molar-refractivity contribution in [3.63, 3.8) is 0 Å². The molecule has 1 unspecified atom stereocenters. The van der Waals surface area contributed by atoms with Crippen LogP contribution in [0.25, 0.3) is 0 Å². The average molecular weight is 289 g/mol. The van der Waals surface area contributed by atoms with Gasteiger partial charge in [0.1, 0.15) is 6.04 Å². The van der Waals surface area contributed by atoms with E-state index < -0.39 is 0 Å². The molecule has 2 aromatic heterocycles. The zero-order valence-corrected chi connectivity index (χ0v) is 12.2. The van der Waals surface area contributed by atoms with E-state index in [-0.39, 0.29) is 11.9 Å². The van der Waals surface area contributed by atoms with Crippen LogP contribution in [0.4, 0.5) is 0 Å². The van der Waals surface area contributed by atoms with Crippen LogP contribution in [0.15, 0.2) is 16.9 Å². The van der Waals surface area contributed by atoms with Crippen LogP contribution in [0.5, 0.6) is 0 Å². The van der Waals surface area contributed by atoms with Crippen molar-refractivity contribution in [2.75, 3.05) is 0 Å². The molecule has 0 aliphatic heterocycles. The molecule has 1 amide bonds. The SMILES string of the molecule is Cc1cnn(CCC(=O)NC(C)c2nc(C3CC3)no2)c1. The predicted octanol–water partition coefficient (Wildman–Crippen LogP) is 1.72. The third-order valence-corrected chi connectivity index (χ3v) is 3.48. The zero-order valence-electron chi connectivity index (χ0n) is 12.2. The summed E-state index contributed by atoms with van der Waals surface area (Å²) in [6, 6.07) is -0.267. The summed E-state index contributed by atoms with van der Waals surface area (Å²) in [5.74, 6) is 1.63. The molecular weight excluding hydrogens is 270 g/mol. The maximum Gasteiger partial charge on any atom is 0.248 e. The van der Waals surface area contributed by atoms with Crippen LogP contribution in [0.1, 0.15) is 55.4 Å². The van der Waals surface area contributed by atoms with Crippen LogP contribution in [0.2, 0.25) is 0 Å². The molecular formula is C14H19N5O2. The molecule has 0 saturated heterocycles. The first-order valence-corrected chi connectivity index (χ1v) is 7.24. The highest BCUT2D eigenvalue weighted by Gasteiger charge is 2.29. The van der Waals surface area contributed by atoms with Crippen molar-refractivity contribution < 1.29 is 9.32 Å². The Kier molecular flexibility index (Phi) is 3.72. The maximum atomic E-state index is 11.9. The molecule has 1 fully saturated rings. The molecule has 21 heavy (non-hydrogen) atoms. The average Bonchev–Trinajstić information content (AvgIpc) is 3.03. The Morgan fingerprint density at radius 2 is 2.38 bits per heavy atom. The van der Waals surface area contributed by atoms with Crippen LogP contribution in [0, 0.1) is 6.92 Å². The molecule has 1 N–H and O–H groups in total. The molecule has 0 bridgehead atoms. The van der Waals surface area contributed by atoms with Crippen molar-refractivity contribution >= 4 is 5.91 Å². The Bertz CT molecular complexity index is 629. The fourth-order valence-electron chi connectivity index (χ4n) is 2.11. The Labute approximate surface area is 122 Å². The first-order valence-electron chi connectivity index (χ1n) is 7.24. The van der Waals surface area contributed by atoms with Crippen molar-refractivity contribution in [1.29, 1.82) is 0 Å². The van der Waals surface area contributed by atoms with E-state index in [1.807, 2.05) is 20.0 Å². The molecule has 7 nitrogen and oxygen atoms in total. The fourth-order valence-corrected chi connectivity index (χ4v) is 2.11. The molecule has 2 heterocycles. The summed E-state index contributed by atoms with van der Waals surface area (Å²) in [7, 11) is 0. The van der Waals surface area contributed by atoms with E-state index in [0.29, 0.717) is 24.8 Å². The number of carbonyl (C=O) groups excluding carboxylic acids is 1. The van der Waals surface area contributed by atoms with Gasteiger partial charge in [-0.2, -0.15) is 10.1 Å². The summed E-state index contributed by atoms with van der Waals surface area (Å²) >= 11 is 0. The molecule has 3 rings (SSSR count). The van der Waals surface area contributed by atoms with Crippen LogP contribution in [0.3, 0.4) is 0 Å². The lowest BCUT2D eigenvalue weighted by atomic mass is 10.3. The molecule has 1 aliphatic rings. The van der Waals surface area contributed by atoms with Gasteiger partial charge in [-0.3, -0.25) is 9.48 Å². The second-order valence-electron chi connectivity index (χ2n) is 5.59. The van der Waals surface area contributed by atoms with Gasteiger partial charge < -0.3 is 9.84 Å². The summed E-state index contributed by atoms with van der Waals surface area (Å²) < 4.78 is 6.96. The third kappa shape index (κ3) is 3.48. The maximum absolute atomic E-state index is 11.9. The van der Waals surface area contributed by atoms with Gasteiger partial charge in [0.2, 0.25) is 11.8 Å². The predicted molar refractivity (Wildman–Crippen MR) is 74.4 cm³/mol. The Morgan fingerprint density at radius 1 is 1.57 bits per heavy atom. The Hall–Kier alpha value is -2.18. The van der Waals surface area contributed by atoms with Gasteiger partial charge in [0.05, 0.1) is 6.20 Å². The normalized spacial score (nSPS) is 15.9. The number of hydrogen-bond donors (Lipinski definition) is 1. The minimum atomic E-state index is -0.267. The minimum Gasteiger partial charge on any atom is -0.345 e. The number of aryl methyl sites for hydroxylation is 2. The van der Waals surface area contributed by atoms with E-state index in [1.54, 1.807) is 10.9 Å². The largest absolute Gasteiger partial charge is 0.345 e. The number of nitrogens with zero attached hydrogens (tertiary/aromatic N) is 4. The molecule has 0 aromatic carbocycles. The zero-order chi connectivity index (χ0) is 14.8. The quantitative estimate of drug-likeness (QED) is 0.875. The molecule has 1 aliphatic carbocycles. The van der Waals surface area contributed by atoms with Crippen molar-refractivity contribution in [2.24, 2.45) is 0 Å². The van der Waals surface area contributed by atoms with Crippen molar-refractivity contribution in [3.05, 3.63) is 29.7 Å². The van der Waals surface area contributed by atoms with Crippen molar-refractivity contribution in [1.82, 2.24) is 25.2 Å². The summed E-state index contributed by atoms with van der Waals surface area (Å²) in [6.07, 6.45) is 6.32. The van der Waals surface area contributed by atoms with E-state index in [4.69, 9.17) is 4.52 Å². The smallest absolute Gasteiger partial charge is 0.248 e. The van der Waals surface area contributed by atoms with Gasteiger partial charge in [0, 0.05) is 25.1 Å². The highest BCUT2D eigenvalue weighted by molar-refractivity contribution is 5.76. The van der Waals surface area contributed by atoms with E-state index in [9.17, 15) is 4.79 Å². The van der Waals surface area contributed by atoms with Gasteiger partial charge in [0.25, 0.3) is 0 Å². The lowest BCUT2D eigenvalue weighted by Crippen LogP contribution is -2.27. The number of aromatic nitrogens is 4. The van der Waals surface area contributed by atoms with E-state index in [1.165, 1.54) is 0 Å². The van der Waals surface area contributed by atoms with E-state index >= 15 is 0 Å². The van der Waals surface area contributed by atoms with Gasteiger partial charge in [-0.1, -0.05) is 5.16 Å². The standard InChI is InChI=1S/C14H19N5O2/c1-9-7-15-19(8-9)6-5-12(20)16-10(2)14-17-13(18-21-14)11-3-4-11/h7-8,10-11H,3-6H2,1-2H3,(H,16,20). The van der Waals surface area contributed by atoms with Gasteiger partial charge >= 0.3 is 0 Å². The lowest BCUT2D eigenvalue weighted by molar-refractivity contribution is -0.122. The second kappa shape index (κ2) is 5.67. The molecule has 0 spiro atoms. The van der Waals surface area contributed by atoms with Gasteiger partial charge in [0.15, 0.2) is 5.82 Å². The highest BCUT2D eigenvalue weighted by Crippen LogP contribution is 2.38. The Morgan fingerprint density at radius 3 is 3.05 bits per heavy atom. The first kappa shape index (κ1) is 13.8. The number of amides is 1. The molecule has 1 saturated carbocycles. The van der Waals surface area contributed by atoms with Crippen molar-refractivity contribution in [3.8, 4) is 0 Å². The molecule has 1 atom stereocenters. The fraction of sp³-hybridized carbons (Fsp3) is 0.571. The molecule has 0 radical (unpaired) electrons. The topological polar surface area (TPSA) is 85.8 Å². The van der Waals surface area contributed by atoms with Crippen LogP contribution < -0.4 is 5.32 Å². The second-order valence-corrected chi connectivity index (χ2v) is 5.59. The summed E-state index contributed by atoms with van der Waals surface area (Å²) in [5, 5.41) is 11.0. The molecule has 112 valence electrons. The summed E-state index contributed by atoms with van der Waals surface area (Å²) in [5.41, 5.74) is 1.09. The van der Waals surface area contributed by atoms with Crippen LogP contribution >= 0.6 is 0 Å². The molecule has 2 aromatic rings. The first-order chi connectivity index (χ1) is 10.1. The van der Waals surface area contributed by atoms with E-state index in [2.05, 4.69) is 20.6 Å². The summed E-state index contributed by atoms with van der Waals surface area (Å²) in [4.78, 5) is 16.3. The van der Waals surface area contributed by atoms with E-state index in [0.717, 1.165) is 24.2 Å². The van der Waals surface area contributed by atoms with Gasteiger partial charge in [-0.05, 0) is 32.3 Å². The van der Waals surface area contributed by atoms with Crippen LogP contribution in [-0.2, 0) is 11.3 Å². The number of rotatable bonds is 6. The third-order valence-electron chi connectivity index (χ3n) is 3.48. The summed E-state index contributed by atoms with van der Waals surface area (Å²) in [6.45, 7) is 4.38. The Balaban J connectivity index is 1.48. The minimum absolute atomic E-state index is 0.0539. The molecule has 7 heteroatoms. The monoisotopic (exact) mass is 289 g/mol. The van der Waals surface area contributed by atoms with Gasteiger partial charge in [-0.25, -0.2) is 0 Å². The lowest BCUT2D eigenvalue weighted by Gasteiger charge is -2.09. The van der Waals surface area contributed by atoms with Crippen molar-refractivity contribution in [2.45, 2.75) is 51.6 Å². The van der Waals surface area contributed by atoms with Gasteiger partial charge in [-0.15, -0.1) is 0 Å². The number of nitrogens with one attached hydrogen (secondary N) is 1. The van der Waals surface area contributed by atoms with Crippen LogP contribution in [-0.4, -0.2) is 25.8 Å². The number of hydrogen-bond acceptors (Lipinski definition) is 5. The highest BCUT2D eigenvalue weighted by atomic mass is 16.5. The number of carbonyl (C=O) groups is 1.